The molecule has 0 aliphatic heterocycles. The van der Waals surface area contributed by atoms with Gasteiger partial charge >= 0.3 is 5.97 Å². The van der Waals surface area contributed by atoms with Crippen LogP contribution in [0.3, 0.4) is 0 Å². The largest absolute Gasteiger partial charge is 0.462 e. The van der Waals surface area contributed by atoms with Gasteiger partial charge in [0, 0.05) is 17.2 Å². The molecule has 4 heteroatoms. The Labute approximate surface area is 181 Å². The Bertz CT molecular complexity index is 1120. The first-order chi connectivity index (χ1) is 14.5. The number of carbonyl (C=O) groups is 1. The van der Waals surface area contributed by atoms with Gasteiger partial charge in [-0.2, -0.15) is 0 Å². The number of nitrogens with zero attached hydrogens (tertiary/aromatic N) is 1. The molecule has 0 radical (unpaired) electrons. The average Bonchev–Trinajstić information content (AvgIpc) is 3.27. The van der Waals surface area contributed by atoms with E-state index < -0.39 is 0 Å². The lowest BCUT2D eigenvalue weighted by Crippen LogP contribution is -2.21. The summed E-state index contributed by atoms with van der Waals surface area (Å²) in [7, 11) is 0. The molecule has 1 heterocycles. The smallest absolute Gasteiger partial charge is 0.338 e. The molecular weight excluding hydrogens is 390 g/mol. The van der Waals surface area contributed by atoms with Crippen LogP contribution in [-0.2, 0) is 10.2 Å². The summed E-state index contributed by atoms with van der Waals surface area (Å²) >= 11 is 1.67. The summed E-state index contributed by atoms with van der Waals surface area (Å²) in [5, 5.41) is 3.08. The zero-order valence-corrected chi connectivity index (χ0v) is 18.3. The lowest BCUT2D eigenvalue weighted by Gasteiger charge is -2.31. The molecule has 0 N–H and O–H groups in total. The summed E-state index contributed by atoms with van der Waals surface area (Å²) in [6.45, 7) is 6.75. The molecule has 152 valence electrons. The second kappa shape index (κ2) is 8.41. The number of aromatic nitrogens is 1. The Morgan fingerprint density at radius 2 is 2.03 bits per heavy atom. The molecule has 0 saturated heterocycles. The highest BCUT2D eigenvalue weighted by molar-refractivity contribution is 7.10. The van der Waals surface area contributed by atoms with E-state index in [1.165, 1.54) is 16.7 Å². The first-order valence-electron chi connectivity index (χ1n) is 10.2. The predicted molar refractivity (Wildman–Crippen MR) is 125 cm³/mol. The van der Waals surface area contributed by atoms with Crippen molar-refractivity contribution in [2.45, 2.75) is 32.6 Å². The number of thiazole rings is 1. The van der Waals surface area contributed by atoms with Gasteiger partial charge in [-0.15, -0.1) is 11.3 Å². The van der Waals surface area contributed by atoms with Gasteiger partial charge < -0.3 is 4.74 Å². The van der Waals surface area contributed by atoms with Crippen LogP contribution in [0.5, 0.6) is 0 Å². The number of rotatable bonds is 5. The molecule has 0 atom stereocenters. The fraction of sp³-hybridized carbons (Fsp3) is 0.231. The molecule has 0 spiro atoms. The quantitative estimate of drug-likeness (QED) is 0.348. The third-order valence-corrected chi connectivity index (χ3v) is 6.26. The van der Waals surface area contributed by atoms with Crippen LogP contribution >= 0.6 is 11.3 Å². The highest BCUT2D eigenvalue weighted by Gasteiger charge is 2.29. The Balaban J connectivity index is 1.71. The normalized spacial score (nSPS) is 15.0. The van der Waals surface area contributed by atoms with Gasteiger partial charge in [0.05, 0.1) is 12.2 Å². The van der Waals surface area contributed by atoms with E-state index in [4.69, 9.17) is 4.74 Å². The molecule has 1 aliphatic carbocycles. The van der Waals surface area contributed by atoms with Crippen molar-refractivity contribution >= 4 is 35.0 Å². The molecule has 2 aromatic carbocycles. The Kier molecular flexibility index (Phi) is 5.69. The number of fused-ring (bicyclic) bond motifs is 1. The summed E-state index contributed by atoms with van der Waals surface area (Å²) < 4.78 is 5.19. The summed E-state index contributed by atoms with van der Waals surface area (Å²) in [6.07, 6.45) is 9.20. The van der Waals surface area contributed by atoms with Gasteiger partial charge in [-0.25, -0.2) is 9.78 Å². The van der Waals surface area contributed by atoms with Crippen LogP contribution in [0.4, 0.5) is 0 Å². The van der Waals surface area contributed by atoms with E-state index >= 15 is 0 Å². The zero-order valence-electron chi connectivity index (χ0n) is 17.5. The lowest BCUT2D eigenvalue weighted by molar-refractivity contribution is 0.0526. The molecule has 0 saturated carbocycles. The summed E-state index contributed by atoms with van der Waals surface area (Å²) in [5.74, 6) is -0.293. The van der Waals surface area contributed by atoms with E-state index in [1.54, 1.807) is 17.4 Å². The number of allylic oxidation sites excluding steroid dienone is 1. The topological polar surface area (TPSA) is 39.2 Å². The molecular formula is C26H25NO2S. The first kappa shape index (κ1) is 20.3. The van der Waals surface area contributed by atoms with E-state index in [0.717, 1.165) is 22.6 Å². The molecule has 30 heavy (non-hydrogen) atoms. The van der Waals surface area contributed by atoms with Crippen LogP contribution in [0.2, 0.25) is 0 Å². The van der Waals surface area contributed by atoms with Gasteiger partial charge in [-0.05, 0) is 53.1 Å². The Hall–Kier alpha value is -2.98. The standard InChI is InChI=1S/C26H25NO2S/c1-4-29-25(28)20-8-6-5-7-19(20)11-9-18-10-12-23-22(17-18)21(13-14-26(23,2)3)24-27-15-16-30-24/h5-13,15-17H,4,14H2,1-3H3/b11-9+. The average molecular weight is 416 g/mol. The fourth-order valence-electron chi connectivity index (χ4n) is 3.84. The summed E-state index contributed by atoms with van der Waals surface area (Å²) in [4.78, 5) is 16.8. The molecule has 1 aromatic heterocycles. The van der Waals surface area contributed by atoms with E-state index in [2.05, 4.69) is 49.2 Å². The van der Waals surface area contributed by atoms with Crippen molar-refractivity contribution in [1.29, 1.82) is 0 Å². The van der Waals surface area contributed by atoms with E-state index in [0.29, 0.717) is 12.2 Å². The van der Waals surface area contributed by atoms with Crippen LogP contribution < -0.4 is 0 Å². The highest BCUT2D eigenvalue weighted by Crippen LogP contribution is 2.42. The van der Waals surface area contributed by atoms with Crippen molar-refractivity contribution in [3.63, 3.8) is 0 Å². The SMILES string of the molecule is CCOC(=O)c1ccccc1/C=C/c1ccc2c(c1)C(c1nccs1)=CCC2(C)C. The minimum atomic E-state index is -0.293. The number of benzene rings is 2. The molecule has 0 amide bonds. The van der Waals surface area contributed by atoms with Crippen molar-refractivity contribution < 1.29 is 9.53 Å². The van der Waals surface area contributed by atoms with Crippen molar-refractivity contribution in [3.8, 4) is 0 Å². The van der Waals surface area contributed by atoms with E-state index in [-0.39, 0.29) is 11.4 Å². The third-order valence-electron chi connectivity index (χ3n) is 5.45. The first-order valence-corrected chi connectivity index (χ1v) is 11.1. The third kappa shape index (κ3) is 4.01. The van der Waals surface area contributed by atoms with Crippen molar-refractivity contribution in [3.05, 3.63) is 92.9 Å². The van der Waals surface area contributed by atoms with Crippen LogP contribution in [0.15, 0.2) is 60.1 Å². The molecule has 4 rings (SSSR count). The number of carbonyl (C=O) groups excluding carboxylic acids is 1. The number of hydrogen-bond acceptors (Lipinski definition) is 4. The summed E-state index contributed by atoms with van der Waals surface area (Å²) in [6, 6.07) is 14.1. The second-order valence-electron chi connectivity index (χ2n) is 7.99. The minimum Gasteiger partial charge on any atom is -0.462 e. The van der Waals surface area contributed by atoms with Gasteiger partial charge in [-0.3, -0.25) is 0 Å². The molecule has 0 fully saturated rings. The maximum Gasteiger partial charge on any atom is 0.338 e. The maximum atomic E-state index is 12.2. The van der Waals surface area contributed by atoms with Crippen LogP contribution in [0, 0.1) is 0 Å². The van der Waals surface area contributed by atoms with Crippen molar-refractivity contribution in [2.24, 2.45) is 0 Å². The molecule has 0 unspecified atom stereocenters. The van der Waals surface area contributed by atoms with E-state index in [1.807, 2.05) is 42.8 Å². The van der Waals surface area contributed by atoms with Crippen LogP contribution in [0.25, 0.3) is 17.7 Å². The lowest BCUT2D eigenvalue weighted by atomic mass is 9.73. The van der Waals surface area contributed by atoms with Gasteiger partial charge in [0.2, 0.25) is 0 Å². The molecule has 3 aromatic rings. The second-order valence-corrected chi connectivity index (χ2v) is 8.88. The predicted octanol–water partition coefficient (Wildman–Crippen LogP) is 6.60. The molecule has 0 bridgehead atoms. The number of hydrogen-bond donors (Lipinski definition) is 0. The molecule has 3 nitrogen and oxygen atoms in total. The Morgan fingerprint density at radius 3 is 2.80 bits per heavy atom. The van der Waals surface area contributed by atoms with Gasteiger partial charge in [0.25, 0.3) is 0 Å². The van der Waals surface area contributed by atoms with Crippen molar-refractivity contribution in [2.75, 3.05) is 6.61 Å². The monoisotopic (exact) mass is 415 g/mol. The molecule has 1 aliphatic rings. The summed E-state index contributed by atoms with van der Waals surface area (Å²) in [5.41, 5.74) is 6.41. The highest BCUT2D eigenvalue weighted by atomic mass is 32.1. The maximum absolute atomic E-state index is 12.2. The van der Waals surface area contributed by atoms with Crippen LogP contribution in [-0.4, -0.2) is 17.6 Å². The minimum absolute atomic E-state index is 0.0921. The van der Waals surface area contributed by atoms with Gasteiger partial charge in [0.15, 0.2) is 0 Å². The Morgan fingerprint density at radius 1 is 1.20 bits per heavy atom. The number of ether oxygens (including phenoxy) is 1. The fourth-order valence-corrected chi connectivity index (χ4v) is 4.53. The van der Waals surface area contributed by atoms with Crippen molar-refractivity contribution in [1.82, 2.24) is 4.98 Å². The van der Waals surface area contributed by atoms with Gasteiger partial charge in [-0.1, -0.05) is 62.4 Å². The zero-order chi connectivity index (χ0) is 21.1. The number of esters is 1. The van der Waals surface area contributed by atoms with Crippen LogP contribution in [0.1, 0.15) is 64.8 Å². The van der Waals surface area contributed by atoms with E-state index in [9.17, 15) is 4.79 Å². The van der Waals surface area contributed by atoms with Gasteiger partial charge in [0.1, 0.15) is 5.01 Å².